The van der Waals surface area contributed by atoms with E-state index in [-0.39, 0.29) is 5.60 Å². The highest BCUT2D eigenvalue weighted by atomic mass is 16.5. The maximum absolute atomic E-state index is 5.72. The molecule has 1 aromatic rings. The summed E-state index contributed by atoms with van der Waals surface area (Å²) < 4.78 is 5.51. The first-order valence-electron chi connectivity index (χ1n) is 3.85. The molecule has 0 aromatic carbocycles. The monoisotopic (exact) mass is 165 g/mol. The van der Waals surface area contributed by atoms with Crippen LogP contribution in [-0.4, -0.2) is 9.97 Å². The van der Waals surface area contributed by atoms with Gasteiger partial charge in [0.2, 0.25) is 0 Å². The summed E-state index contributed by atoms with van der Waals surface area (Å²) in [5, 5.41) is 0. The lowest BCUT2D eigenvalue weighted by Gasteiger charge is -2.18. The maximum Gasteiger partial charge on any atom is 0.133 e. The molecule has 0 atom stereocenters. The van der Waals surface area contributed by atoms with Crippen molar-refractivity contribution in [2.45, 2.75) is 26.1 Å². The van der Waals surface area contributed by atoms with E-state index < -0.39 is 0 Å². The van der Waals surface area contributed by atoms with Gasteiger partial charge in [0.15, 0.2) is 0 Å². The zero-order valence-electron chi connectivity index (χ0n) is 7.16. The highest BCUT2D eigenvalue weighted by Crippen LogP contribution is 2.36. The summed E-state index contributed by atoms with van der Waals surface area (Å²) in [6, 6.07) is 0. The van der Waals surface area contributed by atoms with Crippen molar-refractivity contribution in [3.8, 4) is 0 Å². The Morgan fingerprint density at radius 3 is 2.92 bits per heavy atom. The second-order valence-electron chi connectivity index (χ2n) is 3.38. The van der Waals surface area contributed by atoms with Crippen LogP contribution in [0.15, 0.2) is 6.33 Å². The molecule has 2 rings (SSSR count). The van der Waals surface area contributed by atoms with Gasteiger partial charge in [-0.05, 0) is 13.8 Å². The number of ether oxygens (including phenoxy) is 1. The molecule has 4 nitrogen and oxygen atoms in total. The van der Waals surface area contributed by atoms with E-state index in [0.717, 1.165) is 11.3 Å². The minimum atomic E-state index is -0.333. The summed E-state index contributed by atoms with van der Waals surface area (Å²) in [6.07, 6.45) is 1.47. The fourth-order valence-electron chi connectivity index (χ4n) is 1.52. The van der Waals surface area contributed by atoms with Gasteiger partial charge in [0, 0.05) is 5.56 Å². The van der Waals surface area contributed by atoms with E-state index in [1.807, 2.05) is 13.8 Å². The van der Waals surface area contributed by atoms with Crippen molar-refractivity contribution in [2.24, 2.45) is 0 Å². The van der Waals surface area contributed by atoms with Gasteiger partial charge in [-0.15, -0.1) is 0 Å². The summed E-state index contributed by atoms with van der Waals surface area (Å²) in [5.41, 5.74) is 7.23. The first-order chi connectivity index (χ1) is 5.61. The normalized spacial score (nSPS) is 19.2. The maximum atomic E-state index is 5.72. The molecule has 0 amide bonds. The van der Waals surface area contributed by atoms with Crippen LogP contribution < -0.4 is 5.73 Å². The van der Waals surface area contributed by atoms with E-state index >= 15 is 0 Å². The summed E-state index contributed by atoms with van der Waals surface area (Å²) in [5.74, 6) is 0.530. The number of fused-ring (bicyclic) bond motifs is 1. The molecule has 64 valence electrons. The van der Waals surface area contributed by atoms with E-state index in [1.165, 1.54) is 6.33 Å². The summed E-state index contributed by atoms with van der Waals surface area (Å²) in [4.78, 5) is 8.03. The molecule has 0 aliphatic carbocycles. The number of aromatic nitrogens is 2. The van der Waals surface area contributed by atoms with Gasteiger partial charge in [0.05, 0.1) is 17.9 Å². The largest absolute Gasteiger partial charge is 0.383 e. The van der Waals surface area contributed by atoms with Gasteiger partial charge >= 0.3 is 0 Å². The first kappa shape index (κ1) is 7.49. The fourth-order valence-corrected chi connectivity index (χ4v) is 1.52. The zero-order chi connectivity index (χ0) is 8.77. The van der Waals surface area contributed by atoms with Crippen LogP contribution in [0, 0.1) is 0 Å². The van der Waals surface area contributed by atoms with Crippen molar-refractivity contribution in [2.75, 3.05) is 5.73 Å². The molecule has 4 heteroatoms. The number of nitrogens with zero attached hydrogens (tertiary/aromatic N) is 2. The molecular formula is C8H11N3O. The molecular weight excluding hydrogens is 154 g/mol. The number of nitrogens with two attached hydrogens (primary N) is 1. The predicted octanol–water partition coefficient (Wildman–Crippen LogP) is 0.824. The third-order valence-electron chi connectivity index (χ3n) is 2.13. The van der Waals surface area contributed by atoms with Crippen LogP contribution in [0.3, 0.4) is 0 Å². The van der Waals surface area contributed by atoms with Gasteiger partial charge < -0.3 is 10.5 Å². The van der Waals surface area contributed by atoms with Gasteiger partial charge in [-0.1, -0.05) is 0 Å². The molecule has 0 unspecified atom stereocenters. The van der Waals surface area contributed by atoms with Crippen molar-refractivity contribution in [1.82, 2.24) is 9.97 Å². The van der Waals surface area contributed by atoms with E-state index in [4.69, 9.17) is 10.5 Å². The summed E-state index contributed by atoms with van der Waals surface area (Å²) in [6.45, 7) is 4.48. The van der Waals surface area contributed by atoms with Crippen LogP contribution in [0.5, 0.6) is 0 Å². The molecule has 0 fully saturated rings. The molecule has 1 aliphatic heterocycles. The SMILES string of the molecule is CC1(C)OCc2ncnc(N)c21. The Labute approximate surface area is 70.8 Å². The molecule has 2 N–H and O–H groups in total. The lowest BCUT2D eigenvalue weighted by atomic mass is 10.00. The number of hydrogen-bond acceptors (Lipinski definition) is 4. The Hall–Kier alpha value is -1.16. The lowest BCUT2D eigenvalue weighted by molar-refractivity contribution is -0.00809. The summed E-state index contributed by atoms with van der Waals surface area (Å²) in [7, 11) is 0. The van der Waals surface area contributed by atoms with Crippen molar-refractivity contribution in [3.05, 3.63) is 17.6 Å². The van der Waals surface area contributed by atoms with Gasteiger partial charge in [-0.25, -0.2) is 9.97 Å². The molecule has 0 saturated carbocycles. The number of nitrogen functional groups attached to an aromatic ring is 1. The van der Waals surface area contributed by atoms with E-state index in [2.05, 4.69) is 9.97 Å². The molecule has 0 spiro atoms. The van der Waals surface area contributed by atoms with Crippen molar-refractivity contribution in [1.29, 1.82) is 0 Å². The van der Waals surface area contributed by atoms with Gasteiger partial charge in [0.25, 0.3) is 0 Å². The highest BCUT2D eigenvalue weighted by Gasteiger charge is 2.34. The molecule has 1 aromatic heterocycles. The molecule has 0 bridgehead atoms. The lowest BCUT2D eigenvalue weighted by Crippen LogP contribution is -2.17. The minimum Gasteiger partial charge on any atom is -0.383 e. The molecule has 1 aliphatic rings. The Kier molecular flexibility index (Phi) is 1.35. The van der Waals surface area contributed by atoms with E-state index in [0.29, 0.717) is 12.4 Å². The van der Waals surface area contributed by atoms with Crippen molar-refractivity contribution in [3.63, 3.8) is 0 Å². The minimum absolute atomic E-state index is 0.333. The third-order valence-corrected chi connectivity index (χ3v) is 2.13. The highest BCUT2D eigenvalue weighted by molar-refractivity contribution is 5.46. The Morgan fingerprint density at radius 1 is 1.50 bits per heavy atom. The van der Waals surface area contributed by atoms with Crippen LogP contribution in [0.1, 0.15) is 25.1 Å². The zero-order valence-corrected chi connectivity index (χ0v) is 7.16. The van der Waals surface area contributed by atoms with Crippen LogP contribution in [0.2, 0.25) is 0 Å². The van der Waals surface area contributed by atoms with Gasteiger partial charge in [0.1, 0.15) is 12.1 Å². The van der Waals surface area contributed by atoms with E-state index in [9.17, 15) is 0 Å². The van der Waals surface area contributed by atoms with Crippen molar-refractivity contribution < 1.29 is 4.74 Å². The standard InChI is InChI=1S/C8H11N3O/c1-8(2)6-5(3-12-8)10-4-11-7(6)9/h4H,3H2,1-2H3,(H2,9,10,11). The summed E-state index contributed by atoms with van der Waals surface area (Å²) >= 11 is 0. The Morgan fingerprint density at radius 2 is 2.25 bits per heavy atom. The second kappa shape index (κ2) is 2.17. The smallest absolute Gasteiger partial charge is 0.133 e. The third kappa shape index (κ3) is 0.881. The number of anilines is 1. The second-order valence-corrected chi connectivity index (χ2v) is 3.38. The topological polar surface area (TPSA) is 61.0 Å². The molecule has 2 heterocycles. The Balaban J connectivity index is 2.64. The number of rotatable bonds is 0. The van der Waals surface area contributed by atoms with Crippen LogP contribution >= 0.6 is 0 Å². The van der Waals surface area contributed by atoms with Crippen LogP contribution in [0.4, 0.5) is 5.82 Å². The fraction of sp³-hybridized carbons (Fsp3) is 0.500. The van der Waals surface area contributed by atoms with E-state index in [1.54, 1.807) is 0 Å². The average molecular weight is 165 g/mol. The van der Waals surface area contributed by atoms with Gasteiger partial charge in [-0.3, -0.25) is 0 Å². The molecule has 0 saturated heterocycles. The van der Waals surface area contributed by atoms with Gasteiger partial charge in [-0.2, -0.15) is 0 Å². The van der Waals surface area contributed by atoms with Crippen LogP contribution in [-0.2, 0) is 16.9 Å². The van der Waals surface area contributed by atoms with Crippen molar-refractivity contribution >= 4 is 5.82 Å². The quantitative estimate of drug-likeness (QED) is 0.618. The van der Waals surface area contributed by atoms with Crippen LogP contribution in [0.25, 0.3) is 0 Å². The number of hydrogen-bond donors (Lipinski definition) is 1. The molecule has 0 radical (unpaired) electrons. The molecule has 12 heavy (non-hydrogen) atoms. The average Bonchev–Trinajstić information content (AvgIpc) is 2.29. The first-order valence-corrected chi connectivity index (χ1v) is 3.85. The Bertz CT molecular complexity index is 322. The predicted molar refractivity (Wildman–Crippen MR) is 44.3 cm³/mol.